The molecule has 1 aromatic carbocycles. The fraction of sp³-hybridized carbons (Fsp3) is 0.214. The lowest BCUT2D eigenvalue weighted by Gasteiger charge is -2.07. The SMILES string of the molecule is COc1ccc(CNCc2ccc([N+](=O)[O-])cc2Br)cn1. The predicted octanol–water partition coefficient (Wildman–Crippen LogP) is 3.05. The van der Waals surface area contributed by atoms with Gasteiger partial charge >= 0.3 is 0 Å². The van der Waals surface area contributed by atoms with Crippen LogP contribution in [0.1, 0.15) is 11.1 Å². The van der Waals surface area contributed by atoms with Gasteiger partial charge in [-0.15, -0.1) is 0 Å². The Morgan fingerprint density at radius 3 is 2.71 bits per heavy atom. The van der Waals surface area contributed by atoms with E-state index in [1.54, 1.807) is 25.4 Å². The molecule has 0 spiro atoms. The van der Waals surface area contributed by atoms with Gasteiger partial charge in [0.15, 0.2) is 0 Å². The van der Waals surface area contributed by atoms with Crippen molar-refractivity contribution < 1.29 is 9.66 Å². The van der Waals surface area contributed by atoms with E-state index in [0.29, 0.717) is 19.0 Å². The van der Waals surface area contributed by atoms with Crippen LogP contribution in [0, 0.1) is 10.1 Å². The summed E-state index contributed by atoms with van der Waals surface area (Å²) in [6.45, 7) is 1.25. The number of methoxy groups -OCH3 is 1. The minimum absolute atomic E-state index is 0.0741. The Kier molecular flexibility index (Phi) is 5.24. The molecule has 21 heavy (non-hydrogen) atoms. The van der Waals surface area contributed by atoms with E-state index < -0.39 is 4.92 Å². The highest BCUT2D eigenvalue weighted by molar-refractivity contribution is 9.10. The van der Waals surface area contributed by atoms with Crippen LogP contribution in [0.2, 0.25) is 0 Å². The first-order chi connectivity index (χ1) is 10.1. The van der Waals surface area contributed by atoms with Gasteiger partial charge in [-0.05, 0) is 17.2 Å². The normalized spacial score (nSPS) is 10.4. The van der Waals surface area contributed by atoms with E-state index in [1.165, 1.54) is 12.1 Å². The Labute approximate surface area is 130 Å². The van der Waals surface area contributed by atoms with Crippen LogP contribution in [0.3, 0.4) is 0 Å². The lowest BCUT2D eigenvalue weighted by molar-refractivity contribution is -0.384. The van der Waals surface area contributed by atoms with Gasteiger partial charge in [-0.25, -0.2) is 4.98 Å². The van der Waals surface area contributed by atoms with Crippen LogP contribution in [0.5, 0.6) is 5.88 Å². The average molecular weight is 352 g/mol. The van der Waals surface area contributed by atoms with E-state index in [4.69, 9.17) is 4.74 Å². The third-order valence-corrected chi connectivity index (χ3v) is 3.64. The molecular weight excluding hydrogens is 338 g/mol. The second-order valence-corrected chi connectivity index (χ2v) is 5.20. The molecule has 0 amide bonds. The molecule has 2 aromatic rings. The van der Waals surface area contributed by atoms with Crippen LogP contribution in [-0.2, 0) is 13.1 Å². The molecular formula is C14H14BrN3O3. The minimum atomic E-state index is -0.412. The molecule has 0 saturated carbocycles. The van der Waals surface area contributed by atoms with Gasteiger partial charge < -0.3 is 10.1 Å². The molecule has 0 unspecified atom stereocenters. The molecule has 0 bridgehead atoms. The van der Waals surface area contributed by atoms with Gasteiger partial charge in [0, 0.05) is 42.0 Å². The van der Waals surface area contributed by atoms with Crippen LogP contribution < -0.4 is 10.1 Å². The fourth-order valence-corrected chi connectivity index (χ4v) is 2.28. The van der Waals surface area contributed by atoms with Crippen LogP contribution in [-0.4, -0.2) is 17.0 Å². The topological polar surface area (TPSA) is 77.3 Å². The number of nitrogens with zero attached hydrogens (tertiary/aromatic N) is 2. The Hall–Kier alpha value is -1.99. The summed E-state index contributed by atoms with van der Waals surface area (Å²) < 4.78 is 5.72. The zero-order valence-corrected chi connectivity index (χ0v) is 13.0. The molecule has 1 aromatic heterocycles. The second kappa shape index (κ2) is 7.14. The summed E-state index contributed by atoms with van der Waals surface area (Å²) in [6.07, 6.45) is 1.75. The second-order valence-electron chi connectivity index (χ2n) is 4.35. The maximum Gasteiger partial charge on any atom is 0.270 e. The van der Waals surface area contributed by atoms with Crippen molar-refractivity contribution in [2.45, 2.75) is 13.1 Å². The van der Waals surface area contributed by atoms with E-state index in [1.807, 2.05) is 6.07 Å². The van der Waals surface area contributed by atoms with Gasteiger partial charge in [-0.3, -0.25) is 10.1 Å². The number of non-ortho nitro benzene ring substituents is 1. The number of halogens is 1. The number of nitro groups is 1. The molecule has 0 aliphatic carbocycles. The molecule has 0 atom stereocenters. The number of nitro benzene ring substituents is 1. The lowest BCUT2D eigenvalue weighted by atomic mass is 10.2. The molecule has 2 rings (SSSR count). The fourth-order valence-electron chi connectivity index (χ4n) is 1.77. The molecule has 0 radical (unpaired) electrons. The first-order valence-corrected chi connectivity index (χ1v) is 7.02. The molecule has 1 N–H and O–H groups in total. The Morgan fingerprint density at radius 1 is 1.33 bits per heavy atom. The van der Waals surface area contributed by atoms with E-state index in [9.17, 15) is 10.1 Å². The minimum Gasteiger partial charge on any atom is -0.481 e. The van der Waals surface area contributed by atoms with Gasteiger partial charge in [0.25, 0.3) is 5.69 Å². The first-order valence-electron chi connectivity index (χ1n) is 6.22. The van der Waals surface area contributed by atoms with Crippen molar-refractivity contribution in [1.29, 1.82) is 0 Å². The van der Waals surface area contributed by atoms with Crippen molar-refractivity contribution >= 4 is 21.6 Å². The number of aromatic nitrogens is 1. The van der Waals surface area contributed by atoms with Gasteiger partial charge in [0.2, 0.25) is 5.88 Å². The smallest absolute Gasteiger partial charge is 0.270 e. The third-order valence-electron chi connectivity index (χ3n) is 2.90. The zero-order valence-electron chi connectivity index (χ0n) is 11.4. The number of hydrogen-bond acceptors (Lipinski definition) is 5. The molecule has 0 aliphatic heterocycles. The summed E-state index contributed by atoms with van der Waals surface area (Å²) in [4.78, 5) is 14.4. The maximum atomic E-state index is 10.7. The largest absolute Gasteiger partial charge is 0.481 e. The van der Waals surface area contributed by atoms with Crippen molar-refractivity contribution in [3.8, 4) is 5.88 Å². The molecule has 1 heterocycles. The summed E-state index contributed by atoms with van der Waals surface area (Å²) in [6, 6.07) is 8.48. The standard InChI is InChI=1S/C14H14BrN3O3/c1-21-14-5-2-10(8-17-14)7-16-9-11-3-4-12(18(19)20)6-13(11)15/h2-6,8,16H,7,9H2,1H3. The molecule has 6 nitrogen and oxygen atoms in total. The predicted molar refractivity (Wildman–Crippen MR) is 82.1 cm³/mol. The summed E-state index contributed by atoms with van der Waals surface area (Å²) in [5.41, 5.74) is 2.07. The molecule has 7 heteroatoms. The van der Waals surface area contributed by atoms with E-state index >= 15 is 0 Å². The van der Waals surface area contributed by atoms with Crippen molar-refractivity contribution in [3.05, 3.63) is 62.2 Å². The Bertz CT molecular complexity index is 632. The number of rotatable bonds is 6. The molecule has 0 fully saturated rings. The maximum absolute atomic E-state index is 10.7. The number of benzene rings is 1. The summed E-state index contributed by atoms with van der Waals surface area (Å²) in [5, 5.41) is 13.9. The summed E-state index contributed by atoms with van der Waals surface area (Å²) >= 11 is 3.35. The zero-order chi connectivity index (χ0) is 15.2. The number of nitrogens with one attached hydrogen (secondary N) is 1. The van der Waals surface area contributed by atoms with Crippen molar-refractivity contribution in [2.75, 3.05) is 7.11 Å². The highest BCUT2D eigenvalue weighted by Crippen LogP contribution is 2.22. The first kappa shape index (κ1) is 15.4. The number of ether oxygens (including phenoxy) is 1. The van der Waals surface area contributed by atoms with Gasteiger partial charge in [0.05, 0.1) is 12.0 Å². The van der Waals surface area contributed by atoms with Crippen molar-refractivity contribution in [3.63, 3.8) is 0 Å². The van der Waals surface area contributed by atoms with Gasteiger partial charge in [0.1, 0.15) is 0 Å². The molecule has 110 valence electrons. The Morgan fingerprint density at radius 2 is 2.14 bits per heavy atom. The monoisotopic (exact) mass is 351 g/mol. The van der Waals surface area contributed by atoms with Crippen molar-refractivity contribution in [2.24, 2.45) is 0 Å². The summed E-state index contributed by atoms with van der Waals surface area (Å²) in [7, 11) is 1.58. The average Bonchev–Trinajstić information content (AvgIpc) is 2.49. The quantitative estimate of drug-likeness (QED) is 0.639. The Balaban J connectivity index is 1.92. The van der Waals surface area contributed by atoms with E-state index in [-0.39, 0.29) is 5.69 Å². The van der Waals surface area contributed by atoms with Crippen molar-refractivity contribution in [1.82, 2.24) is 10.3 Å². The van der Waals surface area contributed by atoms with E-state index in [2.05, 4.69) is 26.2 Å². The van der Waals surface area contributed by atoms with Crippen LogP contribution >= 0.6 is 15.9 Å². The summed E-state index contributed by atoms with van der Waals surface area (Å²) in [5.74, 6) is 0.580. The molecule has 0 aliphatic rings. The van der Waals surface area contributed by atoms with Crippen LogP contribution in [0.4, 0.5) is 5.69 Å². The number of pyridine rings is 1. The van der Waals surface area contributed by atoms with Gasteiger partial charge in [-0.2, -0.15) is 0 Å². The number of hydrogen-bond donors (Lipinski definition) is 1. The van der Waals surface area contributed by atoms with Crippen LogP contribution in [0.25, 0.3) is 0 Å². The van der Waals surface area contributed by atoms with E-state index in [0.717, 1.165) is 15.6 Å². The highest BCUT2D eigenvalue weighted by atomic mass is 79.9. The lowest BCUT2D eigenvalue weighted by Crippen LogP contribution is -2.13. The molecule has 0 saturated heterocycles. The van der Waals surface area contributed by atoms with Gasteiger partial charge in [-0.1, -0.05) is 22.0 Å². The highest BCUT2D eigenvalue weighted by Gasteiger charge is 2.08. The van der Waals surface area contributed by atoms with Crippen LogP contribution in [0.15, 0.2) is 41.0 Å². The third kappa shape index (κ3) is 4.24.